The van der Waals surface area contributed by atoms with E-state index in [1.807, 2.05) is 24.3 Å². The molecule has 134 valence electrons. The molecular formula is C22H25N3O. The molecule has 1 aromatic heterocycles. The Hall–Kier alpha value is -2.22. The molecule has 2 heterocycles. The summed E-state index contributed by atoms with van der Waals surface area (Å²) in [5, 5.41) is 20.7. The smallest absolute Gasteiger partial charge is 0.0992 e. The average Bonchev–Trinajstić information content (AvgIpc) is 2.71. The van der Waals surface area contributed by atoms with Crippen molar-refractivity contribution in [1.29, 1.82) is 5.26 Å². The number of fused-ring (bicyclic) bond motifs is 1. The van der Waals surface area contributed by atoms with E-state index in [1.165, 1.54) is 12.8 Å². The summed E-state index contributed by atoms with van der Waals surface area (Å²) in [7, 11) is 0. The zero-order valence-corrected chi connectivity index (χ0v) is 15.0. The maximum atomic E-state index is 11.6. The van der Waals surface area contributed by atoms with Gasteiger partial charge in [-0.05, 0) is 37.0 Å². The molecule has 1 saturated heterocycles. The van der Waals surface area contributed by atoms with Crippen LogP contribution in [0.2, 0.25) is 0 Å². The quantitative estimate of drug-likeness (QED) is 0.921. The first-order chi connectivity index (χ1) is 12.7. The standard InChI is InChI=1S/C22H25N3O/c23-15-17-10-12-24-19(14-17)16-25-13-11-22(26,18-6-2-1-3-7-18)20-8-4-5-9-21(20)25/h1-3,6-7,10,12,14,20-21,26H,4-5,8-9,11,13,16H2/t20-,21+,22+/m0/s1. The molecule has 4 heteroatoms. The van der Waals surface area contributed by atoms with Crippen molar-refractivity contribution in [2.75, 3.05) is 6.54 Å². The molecule has 0 radical (unpaired) electrons. The van der Waals surface area contributed by atoms with Gasteiger partial charge in [0.15, 0.2) is 0 Å². The molecule has 4 nitrogen and oxygen atoms in total. The Morgan fingerprint density at radius 3 is 2.81 bits per heavy atom. The lowest BCUT2D eigenvalue weighted by Gasteiger charge is -2.52. The maximum Gasteiger partial charge on any atom is 0.0992 e. The normalized spacial score (nSPS) is 28.9. The molecule has 1 aliphatic carbocycles. The summed E-state index contributed by atoms with van der Waals surface area (Å²) in [6, 6.07) is 16.4. The van der Waals surface area contributed by atoms with E-state index in [0.29, 0.717) is 11.6 Å². The van der Waals surface area contributed by atoms with Crippen molar-refractivity contribution in [3.63, 3.8) is 0 Å². The van der Waals surface area contributed by atoms with Gasteiger partial charge in [-0.25, -0.2) is 0 Å². The number of aliphatic hydroxyl groups is 1. The number of aromatic nitrogens is 1. The van der Waals surface area contributed by atoms with Gasteiger partial charge in [-0.15, -0.1) is 0 Å². The highest BCUT2D eigenvalue weighted by molar-refractivity contribution is 5.29. The number of nitrogens with zero attached hydrogens (tertiary/aromatic N) is 3. The Kier molecular flexibility index (Phi) is 4.76. The van der Waals surface area contributed by atoms with E-state index in [4.69, 9.17) is 5.26 Å². The van der Waals surface area contributed by atoms with Gasteiger partial charge in [-0.2, -0.15) is 5.26 Å². The first-order valence-electron chi connectivity index (χ1n) is 9.58. The minimum Gasteiger partial charge on any atom is -0.385 e. The lowest BCUT2D eigenvalue weighted by Crippen LogP contribution is -2.57. The minimum absolute atomic E-state index is 0.256. The van der Waals surface area contributed by atoms with Gasteiger partial charge in [0.05, 0.1) is 22.9 Å². The number of pyridine rings is 1. The fraction of sp³-hybridized carbons (Fsp3) is 0.455. The van der Waals surface area contributed by atoms with Crippen LogP contribution < -0.4 is 0 Å². The number of rotatable bonds is 3. The Balaban J connectivity index is 1.59. The van der Waals surface area contributed by atoms with E-state index >= 15 is 0 Å². The van der Waals surface area contributed by atoms with Gasteiger partial charge in [0.2, 0.25) is 0 Å². The Bertz CT molecular complexity index is 801. The van der Waals surface area contributed by atoms with Crippen molar-refractivity contribution < 1.29 is 5.11 Å². The summed E-state index contributed by atoms with van der Waals surface area (Å²) in [4.78, 5) is 6.94. The number of benzene rings is 1. The first-order valence-corrected chi connectivity index (χ1v) is 9.58. The predicted molar refractivity (Wildman–Crippen MR) is 100 cm³/mol. The maximum absolute atomic E-state index is 11.6. The van der Waals surface area contributed by atoms with Crippen LogP contribution >= 0.6 is 0 Å². The molecule has 2 aromatic rings. The fourth-order valence-electron chi connectivity index (χ4n) is 4.89. The highest BCUT2D eigenvalue weighted by atomic mass is 16.3. The van der Waals surface area contributed by atoms with Crippen LogP contribution in [0.25, 0.3) is 0 Å². The third-order valence-electron chi connectivity index (χ3n) is 6.18. The summed E-state index contributed by atoms with van der Waals surface area (Å²) in [5.74, 6) is 0.256. The number of likely N-dealkylation sites (tertiary alicyclic amines) is 1. The van der Waals surface area contributed by atoms with Crippen LogP contribution in [0.15, 0.2) is 48.7 Å². The molecule has 1 saturated carbocycles. The number of hydrogen-bond acceptors (Lipinski definition) is 4. The zero-order valence-electron chi connectivity index (χ0n) is 15.0. The van der Waals surface area contributed by atoms with E-state index < -0.39 is 5.60 Å². The monoisotopic (exact) mass is 347 g/mol. The second kappa shape index (κ2) is 7.19. The van der Waals surface area contributed by atoms with E-state index in [9.17, 15) is 5.11 Å². The highest BCUT2D eigenvalue weighted by Crippen LogP contribution is 2.47. The van der Waals surface area contributed by atoms with Gasteiger partial charge in [0, 0.05) is 31.2 Å². The largest absolute Gasteiger partial charge is 0.385 e. The van der Waals surface area contributed by atoms with Gasteiger partial charge in [0.1, 0.15) is 0 Å². The second-order valence-electron chi connectivity index (χ2n) is 7.62. The first kappa shape index (κ1) is 17.2. The molecule has 4 rings (SSSR count). The van der Waals surface area contributed by atoms with Crippen molar-refractivity contribution in [2.24, 2.45) is 5.92 Å². The number of piperidine rings is 1. The summed E-state index contributed by atoms with van der Waals surface area (Å²) in [6.07, 6.45) is 7.06. The molecule has 0 bridgehead atoms. The molecule has 1 aromatic carbocycles. The molecule has 0 spiro atoms. The van der Waals surface area contributed by atoms with Crippen LogP contribution in [0, 0.1) is 17.2 Å². The van der Waals surface area contributed by atoms with E-state index in [0.717, 1.165) is 43.6 Å². The number of hydrogen-bond donors (Lipinski definition) is 1. The SMILES string of the molecule is N#Cc1ccnc(CN2CC[C@@](O)(c3ccccc3)[C@H]3CCCC[C@H]32)c1. The van der Waals surface area contributed by atoms with Crippen LogP contribution in [0.1, 0.15) is 48.9 Å². The zero-order chi connectivity index (χ0) is 18.0. The van der Waals surface area contributed by atoms with E-state index in [-0.39, 0.29) is 5.92 Å². The van der Waals surface area contributed by atoms with Gasteiger partial charge < -0.3 is 5.11 Å². The Labute approximate surface area is 155 Å². The topological polar surface area (TPSA) is 60.2 Å². The lowest BCUT2D eigenvalue weighted by molar-refractivity contribution is -0.123. The van der Waals surface area contributed by atoms with Gasteiger partial charge in [-0.1, -0.05) is 43.2 Å². The molecule has 0 amide bonds. The van der Waals surface area contributed by atoms with Crippen molar-refractivity contribution in [3.05, 3.63) is 65.5 Å². The van der Waals surface area contributed by atoms with E-state index in [1.54, 1.807) is 12.3 Å². The van der Waals surface area contributed by atoms with Crippen molar-refractivity contribution in [1.82, 2.24) is 9.88 Å². The van der Waals surface area contributed by atoms with Crippen molar-refractivity contribution in [3.8, 4) is 6.07 Å². The average molecular weight is 347 g/mol. The molecule has 1 aliphatic heterocycles. The third kappa shape index (κ3) is 3.13. The lowest BCUT2D eigenvalue weighted by atomic mass is 9.66. The summed E-state index contributed by atoms with van der Waals surface area (Å²) >= 11 is 0. The second-order valence-corrected chi connectivity index (χ2v) is 7.62. The number of nitriles is 1. The molecule has 2 aliphatic rings. The predicted octanol–water partition coefficient (Wildman–Crippen LogP) is 3.61. The van der Waals surface area contributed by atoms with Crippen LogP contribution in [0.3, 0.4) is 0 Å². The van der Waals surface area contributed by atoms with Gasteiger partial charge >= 0.3 is 0 Å². The van der Waals surface area contributed by atoms with Gasteiger partial charge in [-0.3, -0.25) is 9.88 Å². The van der Waals surface area contributed by atoms with Crippen LogP contribution in [0.4, 0.5) is 0 Å². The van der Waals surface area contributed by atoms with Crippen LogP contribution in [0.5, 0.6) is 0 Å². The fourth-order valence-corrected chi connectivity index (χ4v) is 4.89. The highest BCUT2D eigenvalue weighted by Gasteiger charge is 2.48. The minimum atomic E-state index is -0.731. The van der Waals surface area contributed by atoms with Gasteiger partial charge in [0.25, 0.3) is 0 Å². The molecule has 3 atom stereocenters. The Morgan fingerprint density at radius 1 is 1.19 bits per heavy atom. The molecule has 26 heavy (non-hydrogen) atoms. The van der Waals surface area contributed by atoms with Crippen LogP contribution in [-0.2, 0) is 12.1 Å². The molecular weight excluding hydrogens is 322 g/mol. The molecule has 2 fully saturated rings. The summed E-state index contributed by atoms with van der Waals surface area (Å²) < 4.78 is 0. The van der Waals surface area contributed by atoms with Crippen molar-refractivity contribution >= 4 is 0 Å². The Morgan fingerprint density at radius 2 is 2.00 bits per heavy atom. The van der Waals surface area contributed by atoms with Crippen molar-refractivity contribution in [2.45, 2.75) is 50.3 Å². The van der Waals surface area contributed by atoms with Crippen LogP contribution in [-0.4, -0.2) is 27.6 Å². The third-order valence-corrected chi connectivity index (χ3v) is 6.18. The summed E-state index contributed by atoms with van der Waals surface area (Å²) in [5.41, 5.74) is 1.93. The van der Waals surface area contributed by atoms with E-state index in [2.05, 4.69) is 28.1 Å². The molecule has 1 N–H and O–H groups in total. The summed E-state index contributed by atoms with van der Waals surface area (Å²) in [6.45, 7) is 1.60. The molecule has 0 unspecified atom stereocenters.